The first-order valence-electron chi connectivity index (χ1n) is 14.6. The number of halogens is 3. The third-order valence-electron chi connectivity index (χ3n) is 8.01. The Balaban J connectivity index is -0.00000289. The van der Waals surface area contributed by atoms with Gasteiger partial charge in [-0.25, -0.2) is 0 Å². The summed E-state index contributed by atoms with van der Waals surface area (Å²) in [5, 5.41) is 2.16. The topological polar surface area (TPSA) is 0 Å². The van der Waals surface area contributed by atoms with Crippen molar-refractivity contribution in [3.8, 4) is 0 Å². The summed E-state index contributed by atoms with van der Waals surface area (Å²) in [6.07, 6.45) is 35.0. The molecule has 0 spiro atoms. The average molecular weight is 622 g/mol. The van der Waals surface area contributed by atoms with Crippen molar-refractivity contribution >= 4 is 14.7 Å². The minimum absolute atomic E-state index is 0. The summed E-state index contributed by atoms with van der Waals surface area (Å²) in [7, 11) is -0.278. The minimum Gasteiger partial charge on any atom is -1.00 e. The smallest absolute Gasteiger partial charge is 1.00 e. The van der Waals surface area contributed by atoms with Crippen molar-refractivity contribution in [3.05, 3.63) is 47.1 Å². The van der Waals surface area contributed by atoms with Crippen LogP contribution in [0.3, 0.4) is 0 Å². The van der Waals surface area contributed by atoms with E-state index in [1.54, 1.807) is 21.9 Å². The Labute approximate surface area is 267 Å². The van der Waals surface area contributed by atoms with Crippen molar-refractivity contribution in [2.75, 3.05) is 0 Å². The molecule has 0 amide bonds. The molecule has 37 heavy (non-hydrogen) atoms. The molecule has 1 atom stereocenters. The van der Waals surface area contributed by atoms with Crippen LogP contribution in [0.5, 0.6) is 0 Å². The van der Waals surface area contributed by atoms with E-state index in [2.05, 4.69) is 58.1 Å². The molecule has 1 aromatic rings. The molecule has 0 fully saturated rings. The largest absolute Gasteiger partial charge is 4.00 e. The molecule has 0 N–H and O–H groups in total. The Bertz CT molecular complexity index is 713. The van der Waals surface area contributed by atoms with Crippen molar-refractivity contribution in [1.82, 2.24) is 0 Å². The van der Waals surface area contributed by atoms with E-state index in [4.69, 9.17) is 0 Å². The third-order valence-corrected chi connectivity index (χ3v) is 10.5. The molecule has 1 aromatic carbocycles. The zero-order chi connectivity index (χ0) is 23.8. The monoisotopic (exact) mass is 620 g/mol. The van der Waals surface area contributed by atoms with E-state index >= 15 is 0 Å². The molecular formula is C32H55Cl3SiTi. The summed E-state index contributed by atoms with van der Waals surface area (Å²) in [5.41, 5.74) is 4.89. The second-order valence-corrected chi connectivity index (χ2v) is 14.1. The predicted octanol–water partition coefficient (Wildman–Crippen LogP) is 0.325. The van der Waals surface area contributed by atoms with Gasteiger partial charge in [0.25, 0.3) is 0 Å². The molecule has 1 aliphatic rings. The average Bonchev–Trinajstić information content (AvgIpc) is 3.05. The second-order valence-electron chi connectivity index (χ2n) is 11.3. The first-order valence-corrected chi connectivity index (χ1v) is 16.1. The van der Waals surface area contributed by atoms with Gasteiger partial charge >= 0.3 is 21.7 Å². The number of hydrogen-bond donors (Lipinski definition) is 0. The van der Waals surface area contributed by atoms with Crippen LogP contribution in [0.4, 0.5) is 0 Å². The first kappa shape index (κ1) is 42.1. The summed E-state index contributed by atoms with van der Waals surface area (Å²) in [5.74, 6) is 0. The molecule has 0 aromatic heterocycles. The molecule has 0 saturated carbocycles. The third kappa shape index (κ3) is 17.8. The number of hydrogen-bond acceptors (Lipinski definition) is 0. The van der Waals surface area contributed by atoms with Gasteiger partial charge in [0.2, 0.25) is 0 Å². The van der Waals surface area contributed by atoms with Gasteiger partial charge in [0, 0.05) is 9.52 Å². The van der Waals surface area contributed by atoms with Gasteiger partial charge in [-0.1, -0.05) is 161 Å². The van der Waals surface area contributed by atoms with Gasteiger partial charge in [-0.3, -0.25) is 0 Å². The van der Waals surface area contributed by atoms with E-state index in [1.165, 1.54) is 116 Å². The molecular weight excluding hydrogens is 567 g/mol. The molecule has 1 aliphatic carbocycles. The van der Waals surface area contributed by atoms with E-state index in [-0.39, 0.29) is 68.5 Å². The van der Waals surface area contributed by atoms with Crippen LogP contribution in [-0.2, 0) is 28.1 Å². The van der Waals surface area contributed by atoms with E-state index in [9.17, 15) is 0 Å². The molecule has 5 heteroatoms. The van der Waals surface area contributed by atoms with Crippen molar-refractivity contribution in [2.45, 2.75) is 148 Å². The van der Waals surface area contributed by atoms with Gasteiger partial charge < -0.3 is 37.2 Å². The van der Waals surface area contributed by atoms with Crippen molar-refractivity contribution in [2.24, 2.45) is 0 Å². The first-order chi connectivity index (χ1) is 16.1. The molecule has 0 bridgehead atoms. The van der Waals surface area contributed by atoms with Crippen LogP contribution in [0.1, 0.15) is 140 Å². The standard InChI is InChI=1S/C32H55Si.3ClH.Ti/c1-5-6-7-8-9-10-11-12-13-14-15-16-17-18-19-21-24-30-28(2)27-31(29(30)3)33-32(4)25-22-20-23-26-32;;;;/h20,22-23,25,27H,5-19,21,24,26,33H2,1-4H3;3*1H;/q-1;;;;+4/p-3. The SMILES string of the molecule is CCCCCCCCCCCCCCCCCCc1c(C)c[c-]([SiH2]C2(C)C=CC=CC2)c1C.[Cl-].[Cl-].[Cl-].[Ti+4]. The maximum Gasteiger partial charge on any atom is 4.00 e. The van der Waals surface area contributed by atoms with Gasteiger partial charge in [-0.15, -0.1) is 0 Å². The second kappa shape index (κ2) is 25.6. The summed E-state index contributed by atoms with van der Waals surface area (Å²) < 4.78 is 0. The van der Waals surface area contributed by atoms with Gasteiger partial charge in [0.1, 0.15) is 0 Å². The zero-order valence-corrected chi connectivity index (χ0v) is 29.7. The Morgan fingerprint density at radius 1 is 0.730 bits per heavy atom. The number of allylic oxidation sites excluding steroid dienone is 4. The summed E-state index contributed by atoms with van der Waals surface area (Å²) in [6, 6.07) is 2.54. The molecule has 0 radical (unpaired) electrons. The number of aryl methyl sites for hydroxylation is 1. The fourth-order valence-corrected chi connectivity index (χ4v) is 8.02. The van der Waals surface area contributed by atoms with Crippen molar-refractivity contribution in [3.63, 3.8) is 0 Å². The molecule has 0 nitrogen and oxygen atoms in total. The molecule has 1 unspecified atom stereocenters. The fraction of sp³-hybridized carbons (Fsp3) is 0.719. The van der Waals surface area contributed by atoms with E-state index < -0.39 is 0 Å². The Hall–Kier alpha value is 0.631. The van der Waals surface area contributed by atoms with Gasteiger partial charge in [0.15, 0.2) is 0 Å². The maximum absolute atomic E-state index is 2.54. The molecule has 0 aliphatic heterocycles. The zero-order valence-electron chi connectivity index (χ0n) is 24.5. The van der Waals surface area contributed by atoms with Gasteiger partial charge in [-0.2, -0.15) is 27.9 Å². The Kier molecular flexibility index (Phi) is 29.1. The van der Waals surface area contributed by atoms with Crippen LogP contribution in [0.15, 0.2) is 30.4 Å². The maximum atomic E-state index is 2.54. The van der Waals surface area contributed by atoms with Crippen molar-refractivity contribution in [1.29, 1.82) is 0 Å². The number of rotatable bonds is 19. The van der Waals surface area contributed by atoms with Gasteiger partial charge in [-0.05, 0) is 11.5 Å². The van der Waals surface area contributed by atoms with Crippen LogP contribution in [-0.4, -0.2) is 9.52 Å². The fourth-order valence-electron chi connectivity index (χ4n) is 5.70. The normalized spacial score (nSPS) is 16.2. The molecule has 0 heterocycles. The van der Waals surface area contributed by atoms with E-state index in [1.807, 2.05) is 0 Å². The van der Waals surface area contributed by atoms with E-state index in [0.29, 0.717) is 5.04 Å². The minimum atomic E-state index is -0.278. The van der Waals surface area contributed by atoms with Crippen LogP contribution in [0.25, 0.3) is 0 Å². The molecule has 212 valence electrons. The Morgan fingerprint density at radius 2 is 1.19 bits per heavy atom. The van der Waals surface area contributed by atoms with Crippen LogP contribution >= 0.6 is 0 Å². The molecule has 2 rings (SSSR count). The Morgan fingerprint density at radius 3 is 1.62 bits per heavy atom. The summed E-state index contributed by atoms with van der Waals surface area (Å²) >= 11 is 0. The van der Waals surface area contributed by atoms with Crippen LogP contribution < -0.4 is 42.4 Å². The quantitative estimate of drug-likeness (QED) is 0.119. The van der Waals surface area contributed by atoms with Gasteiger partial charge in [0.05, 0.1) is 0 Å². The van der Waals surface area contributed by atoms with E-state index in [0.717, 1.165) is 0 Å². The van der Waals surface area contributed by atoms with Crippen LogP contribution in [0.2, 0.25) is 5.04 Å². The molecule has 0 saturated heterocycles. The predicted molar refractivity (Wildman–Crippen MR) is 154 cm³/mol. The van der Waals surface area contributed by atoms with Crippen molar-refractivity contribution < 1.29 is 58.9 Å². The number of unbranched alkanes of at least 4 members (excludes halogenated alkanes) is 15. The summed E-state index contributed by atoms with van der Waals surface area (Å²) in [6.45, 7) is 9.53. The summed E-state index contributed by atoms with van der Waals surface area (Å²) in [4.78, 5) is 0. The van der Waals surface area contributed by atoms with Crippen LogP contribution in [0, 0.1) is 13.8 Å².